The lowest BCUT2D eigenvalue weighted by molar-refractivity contribution is -0.131. The molecular formula is C16H18N4O. The molecule has 0 fully saturated rings. The molecule has 1 heterocycles. The monoisotopic (exact) mass is 282 g/mol. The van der Waals surface area contributed by atoms with E-state index in [1.807, 2.05) is 24.3 Å². The van der Waals surface area contributed by atoms with Crippen molar-refractivity contribution in [3.8, 4) is 11.8 Å². The van der Waals surface area contributed by atoms with Gasteiger partial charge < -0.3 is 10.6 Å². The van der Waals surface area contributed by atoms with E-state index in [-0.39, 0.29) is 12.5 Å². The SMILES string of the molecule is CN(Cc1ccccc1C#CCN)C(=O)Cn1cccn1. The zero-order valence-corrected chi connectivity index (χ0v) is 12.0. The third-order valence-corrected chi connectivity index (χ3v) is 3.03. The Balaban J connectivity index is 2.05. The van der Waals surface area contributed by atoms with Gasteiger partial charge in [0.15, 0.2) is 0 Å². The first-order valence-electron chi connectivity index (χ1n) is 6.69. The Morgan fingerprint density at radius 3 is 2.90 bits per heavy atom. The molecule has 5 heteroatoms. The van der Waals surface area contributed by atoms with Crippen LogP contribution < -0.4 is 5.73 Å². The van der Waals surface area contributed by atoms with Crippen LogP contribution >= 0.6 is 0 Å². The van der Waals surface area contributed by atoms with Crippen molar-refractivity contribution < 1.29 is 4.79 Å². The molecule has 2 N–H and O–H groups in total. The van der Waals surface area contributed by atoms with Crippen LogP contribution in [0.4, 0.5) is 0 Å². The normalized spacial score (nSPS) is 9.81. The molecule has 0 aliphatic heterocycles. The van der Waals surface area contributed by atoms with E-state index in [1.54, 1.807) is 35.1 Å². The van der Waals surface area contributed by atoms with E-state index < -0.39 is 0 Å². The van der Waals surface area contributed by atoms with Gasteiger partial charge in [0.05, 0.1) is 6.54 Å². The van der Waals surface area contributed by atoms with E-state index in [0.717, 1.165) is 11.1 Å². The number of amides is 1. The van der Waals surface area contributed by atoms with Gasteiger partial charge in [0.2, 0.25) is 5.91 Å². The summed E-state index contributed by atoms with van der Waals surface area (Å²) in [6.45, 7) is 1.07. The smallest absolute Gasteiger partial charge is 0.244 e. The first-order valence-corrected chi connectivity index (χ1v) is 6.69. The zero-order chi connectivity index (χ0) is 15.1. The summed E-state index contributed by atoms with van der Waals surface area (Å²) < 4.78 is 1.61. The number of nitrogens with zero attached hydrogens (tertiary/aromatic N) is 3. The van der Waals surface area contributed by atoms with Crippen molar-refractivity contribution in [3.63, 3.8) is 0 Å². The van der Waals surface area contributed by atoms with Crippen molar-refractivity contribution in [2.45, 2.75) is 13.1 Å². The fourth-order valence-electron chi connectivity index (χ4n) is 1.92. The molecule has 1 aromatic heterocycles. The van der Waals surface area contributed by atoms with Gasteiger partial charge in [0.1, 0.15) is 6.54 Å². The molecule has 2 rings (SSSR count). The van der Waals surface area contributed by atoms with Gasteiger partial charge >= 0.3 is 0 Å². The molecule has 2 aromatic rings. The number of benzene rings is 1. The third kappa shape index (κ3) is 4.20. The molecule has 108 valence electrons. The quantitative estimate of drug-likeness (QED) is 0.846. The number of rotatable bonds is 4. The summed E-state index contributed by atoms with van der Waals surface area (Å²) in [4.78, 5) is 13.8. The molecule has 0 aliphatic rings. The second-order valence-corrected chi connectivity index (χ2v) is 4.62. The van der Waals surface area contributed by atoms with E-state index >= 15 is 0 Å². The molecule has 1 aromatic carbocycles. The fraction of sp³-hybridized carbons (Fsp3) is 0.250. The molecule has 0 bridgehead atoms. The highest BCUT2D eigenvalue weighted by Gasteiger charge is 2.11. The van der Waals surface area contributed by atoms with E-state index in [0.29, 0.717) is 13.1 Å². The van der Waals surface area contributed by atoms with Gasteiger partial charge in [-0.15, -0.1) is 0 Å². The minimum atomic E-state index is 0.000266. The highest BCUT2D eigenvalue weighted by atomic mass is 16.2. The highest BCUT2D eigenvalue weighted by molar-refractivity contribution is 5.75. The van der Waals surface area contributed by atoms with Crippen LogP contribution in [0.15, 0.2) is 42.7 Å². The van der Waals surface area contributed by atoms with E-state index in [4.69, 9.17) is 5.73 Å². The first kappa shape index (κ1) is 14.8. The number of likely N-dealkylation sites (N-methyl/N-ethyl adjacent to an activating group) is 1. The van der Waals surface area contributed by atoms with Gasteiger partial charge in [-0.3, -0.25) is 9.48 Å². The van der Waals surface area contributed by atoms with Gasteiger partial charge in [-0.05, 0) is 17.7 Å². The summed E-state index contributed by atoms with van der Waals surface area (Å²) in [5.74, 6) is 5.88. The summed E-state index contributed by atoms with van der Waals surface area (Å²) >= 11 is 0. The maximum atomic E-state index is 12.1. The fourth-order valence-corrected chi connectivity index (χ4v) is 1.92. The molecule has 5 nitrogen and oxygen atoms in total. The number of carbonyl (C=O) groups excluding carboxylic acids is 1. The predicted molar refractivity (Wildman–Crippen MR) is 81.1 cm³/mol. The topological polar surface area (TPSA) is 64.2 Å². The summed E-state index contributed by atoms with van der Waals surface area (Å²) in [7, 11) is 1.78. The maximum absolute atomic E-state index is 12.1. The number of carbonyl (C=O) groups is 1. The molecule has 0 radical (unpaired) electrons. The van der Waals surface area contributed by atoms with E-state index in [2.05, 4.69) is 16.9 Å². The van der Waals surface area contributed by atoms with Gasteiger partial charge in [-0.1, -0.05) is 30.0 Å². The largest absolute Gasteiger partial charge is 0.340 e. The van der Waals surface area contributed by atoms with Crippen LogP contribution in [-0.4, -0.2) is 34.2 Å². The van der Waals surface area contributed by atoms with Crippen molar-refractivity contribution in [1.29, 1.82) is 0 Å². The Morgan fingerprint density at radius 1 is 1.38 bits per heavy atom. The average molecular weight is 282 g/mol. The van der Waals surface area contributed by atoms with E-state index in [1.165, 1.54) is 0 Å². The van der Waals surface area contributed by atoms with Crippen molar-refractivity contribution in [1.82, 2.24) is 14.7 Å². The highest BCUT2D eigenvalue weighted by Crippen LogP contribution is 2.10. The van der Waals surface area contributed by atoms with Crippen LogP contribution in [0.1, 0.15) is 11.1 Å². The van der Waals surface area contributed by atoms with Crippen molar-refractivity contribution in [2.24, 2.45) is 5.73 Å². The average Bonchev–Trinajstić information content (AvgIpc) is 2.99. The first-order chi connectivity index (χ1) is 10.2. The second-order valence-electron chi connectivity index (χ2n) is 4.62. The van der Waals surface area contributed by atoms with Gasteiger partial charge in [-0.25, -0.2) is 0 Å². The van der Waals surface area contributed by atoms with Crippen molar-refractivity contribution in [3.05, 3.63) is 53.9 Å². The number of aromatic nitrogens is 2. The standard InChI is InChI=1S/C16H18N4O/c1-19(16(21)13-20-11-5-10-18-20)12-15-7-3-2-6-14(15)8-4-9-17/h2-3,5-7,10-11H,9,12-13,17H2,1H3. The van der Waals surface area contributed by atoms with Crippen molar-refractivity contribution >= 4 is 5.91 Å². The molecular weight excluding hydrogens is 264 g/mol. The van der Waals surface area contributed by atoms with Crippen LogP contribution in [0, 0.1) is 11.8 Å². The minimum Gasteiger partial charge on any atom is -0.340 e. The molecule has 0 aliphatic carbocycles. The Hall–Kier alpha value is -2.58. The van der Waals surface area contributed by atoms with Crippen LogP contribution in [0.2, 0.25) is 0 Å². The Morgan fingerprint density at radius 2 is 2.19 bits per heavy atom. The van der Waals surface area contributed by atoms with E-state index in [9.17, 15) is 4.79 Å². The summed E-state index contributed by atoms with van der Waals surface area (Å²) in [6.07, 6.45) is 3.43. The molecule has 0 saturated carbocycles. The minimum absolute atomic E-state index is 0.000266. The van der Waals surface area contributed by atoms with Gasteiger partial charge in [0, 0.05) is 31.5 Å². The number of hydrogen-bond acceptors (Lipinski definition) is 3. The van der Waals surface area contributed by atoms with Crippen LogP contribution in [0.5, 0.6) is 0 Å². The Labute approximate surface area is 124 Å². The molecule has 1 amide bonds. The zero-order valence-electron chi connectivity index (χ0n) is 12.0. The Bertz CT molecular complexity index is 652. The molecule has 21 heavy (non-hydrogen) atoms. The summed E-state index contributed by atoms with van der Waals surface area (Å²) in [6, 6.07) is 9.57. The van der Waals surface area contributed by atoms with Crippen LogP contribution in [0.25, 0.3) is 0 Å². The molecule has 0 unspecified atom stereocenters. The van der Waals surface area contributed by atoms with Gasteiger partial charge in [0.25, 0.3) is 0 Å². The lowest BCUT2D eigenvalue weighted by Gasteiger charge is -2.18. The number of hydrogen-bond donors (Lipinski definition) is 1. The summed E-state index contributed by atoms with van der Waals surface area (Å²) in [5.41, 5.74) is 7.32. The molecule has 0 saturated heterocycles. The predicted octanol–water partition coefficient (Wildman–Crippen LogP) is 0.852. The Kier molecular flexibility index (Phi) is 5.13. The molecule has 0 atom stereocenters. The number of nitrogens with two attached hydrogens (primary N) is 1. The van der Waals surface area contributed by atoms with Crippen LogP contribution in [0.3, 0.4) is 0 Å². The summed E-state index contributed by atoms with van der Waals surface area (Å²) in [5, 5.41) is 4.04. The lowest BCUT2D eigenvalue weighted by Crippen LogP contribution is -2.30. The molecule has 0 spiro atoms. The van der Waals surface area contributed by atoms with Crippen LogP contribution in [-0.2, 0) is 17.9 Å². The maximum Gasteiger partial charge on any atom is 0.244 e. The van der Waals surface area contributed by atoms with Gasteiger partial charge in [-0.2, -0.15) is 5.10 Å². The lowest BCUT2D eigenvalue weighted by atomic mass is 10.1. The van der Waals surface area contributed by atoms with Crippen molar-refractivity contribution in [2.75, 3.05) is 13.6 Å². The second kappa shape index (κ2) is 7.27. The third-order valence-electron chi connectivity index (χ3n) is 3.03.